The Morgan fingerprint density at radius 3 is 2.33 bits per heavy atom. The Hall–Kier alpha value is -3.60. The minimum atomic E-state index is -0.159. The van der Waals surface area contributed by atoms with Gasteiger partial charge in [-0.1, -0.05) is 18.2 Å². The minimum Gasteiger partial charge on any atom is -0.457 e. The summed E-state index contributed by atoms with van der Waals surface area (Å²) in [6.45, 7) is 0.794. The Morgan fingerprint density at radius 2 is 1.57 bits per heavy atom. The molecule has 5 heteroatoms. The van der Waals surface area contributed by atoms with Gasteiger partial charge in [-0.25, -0.2) is 0 Å². The van der Waals surface area contributed by atoms with Gasteiger partial charge in [0.05, 0.1) is 5.69 Å². The lowest BCUT2D eigenvalue weighted by Gasteiger charge is -2.35. The van der Waals surface area contributed by atoms with Gasteiger partial charge in [-0.15, -0.1) is 0 Å². The fraction of sp³-hybridized carbons (Fsp3) is 0.200. The van der Waals surface area contributed by atoms with Crippen LogP contribution in [0.15, 0.2) is 66.7 Å². The highest BCUT2D eigenvalue weighted by atomic mass is 16.5. The van der Waals surface area contributed by atoms with E-state index in [2.05, 4.69) is 5.32 Å². The molecule has 3 aromatic rings. The molecular weight excluding hydrogens is 376 g/mol. The summed E-state index contributed by atoms with van der Waals surface area (Å²) in [4.78, 5) is 26.9. The number of hydrogen-bond acceptors (Lipinski definition) is 3. The smallest absolute Gasteiger partial charge is 0.255 e. The number of para-hydroxylation sites is 1. The number of carbonyl (C=O) groups is 2. The predicted molar refractivity (Wildman–Crippen MR) is 116 cm³/mol. The summed E-state index contributed by atoms with van der Waals surface area (Å²) in [5, 5.41) is 3.02. The van der Waals surface area contributed by atoms with E-state index in [-0.39, 0.29) is 11.8 Å². The molecule has 2 amide bonds. The number of carbonyl (C=O) groups excluding carboxylic acids is 2. The number of ether oxygens (including phenoxy) is 1. The zero-order valence-electron chi connectivity index (χ0n) is 16.6. The molecule has 0 saturated heterocycles. The van der Waals surface area contributed by atoms with E-state index >= 15 is 0 Å². The van der Waals surface area contributed by atoms with Crippen molar-refractivity contribution in [3.63, 3.8) is 0 Å². The molecule has 0 bridgehead atoms. The summed E-state index contributed by atoms with van der Waals surface area (Å²) in [6.07, 6.45) is 3.15. The average Bonchev–Trinajstić information content (AvgIpc) is 2.77. The van der Waals surface area contributed by atoms with Crippen molar-refractivity contribution in [1.82, 2.24) is 0 Å². The Bertz CT molecular complexity index is 1090. The fourth-order valence-corrected chi connectivity index (χ4v) is 4.23. The van der Waals surface area contributed by atoms with Crippen LogP contribution in [0.4, 0.5) is 11.4 Å². The van der Waals surface area contributed by atoms with Gasteiger partial charge in [-0.2, -0.15) is 0 Å². The van der Waals surface area contributed by atoms with Crippen LogP contribution in [-0.4, -0.2) is 18.4 Å². The molecule has 0 unspecified atom stereocenters. The summed E-state index contributed by atoms with van der Waals surface area (Å²) in [7, 11) is 0. The van der Waals surface area contributed by atoms with E-state index in [9.17, 15) is 9.59 Å². The van der Waals surface area contributed by atoms with Gasteiger partial charge in [0.15, 0.2) is 0 Å². The van der Waals surface area contributed by atoms with E-state index in [1.54, 1.807) is 24.3 Å². The van der Waals surface area contributed by atoms with E-state index in [0.29, 0.717) is 17.7 Å². The third kappa shape index (κ3) is 3.54. The molecule has 1 N–H and O–H groups in total. The van der Waals surface area contributed by atoms with Crippen LogP contribution in [0.1, 0.15) is 34.3 Å². The van der Waals surface area contributed by atoms with Crippen molar-refractivity contribution in [2.24, 2.45) is 0 Å². The van der Waals surface area contributed by atoms with Gasteiger partial charge in [-0.05, 0) is 78.9 Å². The number of nitrogens with one attached hydrogen (secondary N) is 1. The summed E-state index contributed by atoms with van der Waals surface area (Å²) >= 11 is 0. The van der Waals surface area contributed by atoms with Crippen LogP contribution in [0, 0.1) is 0 Å². The Labute approximate surface area is 175 Å². The molecule has 2 aliphatic heterocycles. The first-order chi connectivity index (χ1) is 14.7. The van der Waals surface area contributed by atoms with Gasteiger partial charge < -0.3 is 15.0 Å². The number of aryl methyl sites for hydroxylation is 2. The lowest BCUT2D eigenvalue weighted by Crippen LogP contribution is -2.39. The number of amides is 2. The second-order valence-electron chi connectivity index (χ2n) is 7.69. The van der Waals surface area contributed by atoms with Crippen molar-refractivity contribution < 1.29 is 14.3 Å². The molecule has 0 saturated carbocycles. The number of benzene rings is 3. The SMILES string of the molecule is O=C(Nc1cc2c3c(c1)CCC(=O)N3CCC2)c1ccc(Oc2ccccc2)cc1. The van der Waals surface area contributed by atoms with Gasteiger partial charge in [-0.3, -0.25) is 9.59 Å². The van der Waals surface area contributed by atoms with Crippen molar-refractivity contribution in [3.05, 3.63) is 83.4 Å². The van der Waals surface area contributed by atoms with E-state index in [4.69, 9.17) is 4.74 Å². The van der Waals surface area contributed by atoms with E-state index in [1.807, 2.05) is 47.4 Å². The minimum absolute atomic E-state index is 0.159. The second kappa shape index (κ2) is 7.67. The molecule has 5 rings (SSSR count). The van der Waals surface area contributed by atoms with Crippen LogP contribution in [0.5, 0.6) is 11.5 Å². The zero-order valence-corrected chi connectivity index (χ0v) is 16.6. The number of anilines is 2. The van der Waals surface area contributed by atoms with Gasteiger partial charge >= 0.3 is 0 Å². The van der Waals surface area contributed by atoms with Crippen LogP contribution in [-0.2, 0) is 17.6 Å². The normalized spacial score (nSPS) is 14.8. The first-order valence-electron chi connectivity index (χ1n) is 10.3. The number of rotatable bonds is 4. The van der Waals surface area contributed by atoms with Crippen LogP contribution >= 0.6 is 0 Å². The number of nitrogens with zero attached hydrogens (tertiary/aromatic N) is 1. The highest BCUT2D eigenvalue weighted by molar-refractivity contribution is 6.05. The molecule has 0 fully saturated rings. The monoisotopic (exact) mass is 398 g/mol. The van der Waals surface area contributed by atoms with Crippen molar-refractivity contribution in [2.45, 2.75) is 25.7 Å². The third-order valence-electron chi connectivity index (χ3n) is 5.63. The summed E-state index contributed by atoms with van der Waals surface area (Å²) in [5.41, 5.74) is 4.72. The predicted octanol–water partition coefficient (Wildman–Crippen LogP) is 4.96. The molecule has 30 heavy (non-hydrogen) atoms. The molecule has 5 nitrogen and oxygen atoms in total. The molecule has 150 valence electrons. The fourth-order valence-electron chi connectivity index (χ4n) is 4.23. The first-order valence-corrected chi connectivity index (χ1v) is 10.3. The van der Waals surface area contributed by atoms with Crippen molar-refractivity contribution in [3.8, 4) is 11.5 Å². The maximum absolute atomic E-state index is 12.8. The standard InChI is InChI=1S/C25H22N2O3/c28-23-13-10-19-16-20(15-18-5-4-14-27(23)24(18)19)26-25(29)17-8-11-22(12-9-17)30-21-6-2-1-3-7-21/h1-3,6-9,11-12,15-16H,4-5,10,13-14H2,(H,26,29). The van der Waals surface area contributed by atoms with Gasteiger partial charge in [0, 0.05) is 24.2 Å². The van der Waals surface area contributed by atoms with E-state index in [1.165, 1.54) is 0 Å². The molecule has 0 aliphatic carbocycles. The molecule has 0 atom stereocenters. The molecular formula is C25H22N2O3. The topological polar surface area (TPSA) is 58.6 Å². The summed E-state index contributed by atoms with van der Waals surface area (Å²) < 4.78 is 5.79. The third-order valence-corrected chi connectivity index (χ3v) is 5.63. The highest BCUT2D eigenvalue weighted by Gasteiger charge is 2.29. The van der Waals surface area contributed by atoms with Gasteiger partial charge in [0.25, 0.3) is 5.91 Å². The van der Waals surface area contributed by atoms with Gasteiger partial charge in [0.1, 0.15) is 11.5 Å². The molecule has 2 aliphatic rings. The van der Waals surface area contributed by atoms with Gasteiger partial charge in [0.2, 0.25) is 5.91 Å². The van der Waals surface area contributed by atoms with Crippen molar-refractivity contribution in [2.75, 3.05) is 16.8 Å². The van der Waals surface area contributed by atoms with Crippen LogP contribution in [0.25, 0.3) is 0 Å². The quantitative estimate of drug-likeness (QED) is 0.676. The van der Waals surface area contributed by atoms with E-state index < -0.39 is 0 Å². The largest absolute Gasteiger partial charge is 0.457 e. The van der Waals surface area contributed by atoms with Crippen LogP contribution < -0.4 is 15.0 Å². The average molecular weight is 398 g/mol. The van der Waals surface area contributed by atoms with Crippen LogP contribution in [0.3, 0.4) is 0 Å². The number of hydrogen-bond donors (Lipinski definition) is 1. The van der Waals surface area contributed by atoms with Crippen molar-refractivity contribution in [1.29, 1.82) is 0 Å². The molecule has 0 radical (unpaired) electrons. The molecule has 2 heterocycles. The maximum Gasteiger partial charge on any atom is 0.255 e. The Morgan fingerprint density at radius 1 is 0.867 bits per heavy atom. The molecule has 0 spiro atoms. The first kappa shape index (κ1) is 18.4. The lowest BCUT2D eigenvalue weighted by atomic mass is 9.91. The Balaban J connectivity index is 1.33. The summed E-state index contributed by atoms with van der Waals surface area (Å²) in [5.74, 6) is 1.48. The second-order valence-corrected chi connectivity index (χ2v) is 7.69. The van der Waals surface area contributed by atoms with Crippen LogP contribution in [0.2, 0.25) is 0 Å². The highest BCUT2D eigenvalue weighted by Crippen LogP contribution is 2.38. The molecule has 3 aromatic carbocycles. The van der Waals surface area contributed by atoms with Crippen molar-refractivity contribution >= 4 is 23.2 Å². The molecule has 0 aromatic heterocycles. The van der Waals surface area contributed by atoms with E-state index in [0.717, 1.165) is 54.1 Å². The maximum atomic E-state index is 12.8. The lowest BCUT2D eigenvalue weighted by molar-refractivity contribution is -0.119. The summed E-state index contributed by atoms with van der Waals surface area (Å²) in [6, 6.07) is 20.7. The Kier molecular flexibility index (Phi) is 4.71. The zero-order chi connectivity index (χ0) is 20.5.